The van der Waals surface area contributed by atoms with E-state index in [0.29, 0.717) is 48.6 Å². The zero-order valence-corrected chi connectivity index (χ0v) is 14.5. The van der Waals surface area contributed by atoms with Gasteiger partial charge in [0.05, 0.1) is 5.69 Å². The number of hydrogen-bond donors (Lipinski definition) is 3. The molecule has 1 aliphatic rings. The number of aromatic amines is 1. The SMILES string of the molecule is CCn1c(COC(C)=O)nc2c1CCCc1c-2[nH]c(=O)c(C(=O)O)c1O. The fourth-order valence-corrected chi connectivity index (χ4v) is 3.35. The highest BCUT2D eigenvalue weighted by Gasteiger charge is 2.28. The van der Waals surface area contributed by atoms with Crippen LogP contribution in [0.4, 0.5) is 0 Å². The van der Waals surface area contributed by atoms with E-state index in [1.165, 1.54) is 6.92 Å². The number of aromatic carboxylic acids is 1. The summed E-state index contributed by atoms with van der Waals surface area (Å²) in [6.07, 6.45) is 1.70. The van der Waals surface area contributed by atoms with Gasteiger partial charge >= 0.3 is 11.9 Å². The Morgan fingerprint density at radius 1 is 1.35 bits per heavy atom. The second-order valence-corrected chi connectivity index (χ2v) is 6.04. The first-order valence-electron chi connectivity index (χ1n) is 8.28. The number of carbonyl (C=O) groups is 2. The van der Waals surface area contributed by atoms with Gasteiger partial charge in [-0.1, -0.05) is 0 Å². The molecule has 0 fully saturated rings. The number of carboxylic acids is 1. The van der Waals surface area contributed by atoms with Gasteiger partial charge in [-0.3, -0.25) is 9.59 Å². The third-order valence-electron chi connectivity index (χ3n) is 4.45. The lowest BCUT2D eigenvalue weighted by atomic mass is 10.0. The molecule has 138 valence electrons. The first-order valence-corrected chi connectivity index (χ1v) is 8.28. The van der Waals surface area contributed by atoms with Crippen LogP contribution in [0.3, 0.4) is 0 Å². The molecule has 0 aliphatic heterocycles. The number of imidazole rings is 1. The minimum absolute atomic E-state index is 0.00503. The lowest BCUT2D eigenvalue weighted by Crippen LogP contribution is -2.20. The molecule has 0 atom stereocenters. The van der Waals surface area contributed by atoms with E-state index in [2.05, 4.69) is 9.97 Å². The van der Waals surface area contributed by atoms with Gasteiger partial charge in [0.1, 0.15) is 23.9 Å². The number of pyridine rings is 1. The minimum atomic E-state index is -1.48. The first-order chi connectivity index (χ1) is 12.3. The Kier molecular flexibility index (Phi) is 4.54. The summed E-state index contributed by atoms with van der Waals surface area (Å²) in [6, 6.07) is 0. The van der Waals surface area contributed by atoms with Crippen LogP contribution in [0, 0.1) is 0 Å². The molecule has 2 aromatic rings. The van der Waals surface area contributed by atoms with Crippen LogP contribution in [-0.2, 0) is 35.5 Å². The molecule has 9 heteroatoms. The fourth-order valence-electron chi connectivity index (χ4n) is 3.35. The Balaban J connectivity index is 2.22. The van der Waals surface area contributed by atoms with E-state index in [0.717, 1.165) is 5.69 Å². The molecular weight excluding hydrogens is 342 g/mol. The quantitative estimate of drug-likeness (QED) is 0.697. The maximum Gasteiger partial charge on any atom is 0.345 e. The molecule has 26 heavy (non-hydrogen) atoms. The van der Waals surface area contributed by atoms with Crippen LogP contribution in [0.5, 0.6) is 5.75 Å². The number of carbonyl (C=O) groups excluding carboxylic acids is 1. The van der Waals surface area contributed by atoms with Crippen LogP contribution in [0.2, 0.25) is 0 Å². The molecule has 0 radical (unpaired) electrons. The van der Waals surface area contributed by atoms with Gasteiger partial charge in [-0.05, 0) is 26.2 Å². The first kappa shape index (κ1) is 17.7. The van der Waals surface area contributed by atoms with E-state index < -0.39 is 28.8 Å². The van der Waals surface area contributed by atoms with Crippen molar-refractivity contribution in [2.24, 2.45) is 0 Å². The van der Waals surface area contributed by atoms with Crippen molar-refractivity contribution in [3.05, 3.63) is 33.0 Å². The molecule has 3 rings (SSSR count). The van der Waals surface area contributed by atoms with Crippen molar-refractivity contribution in [3.8, 4) is 17.1 Å². The number of ether oxygens (including phenoxy) is 1. The minimum Gasteiger partial charge on any atom is -0.506 e. The molecule has 0 bridgehead atoms. The van der Waals surface area contributed by atoms with Crippen molar-refractivity contribution in [2.75, 3.05) is 0 Å². The van der Waals surface area contributed by atoms with Crippen LogP contribution < -0.4 is 5.56 Å². The van der Waals surface area contributed by atoms with Crippen molar-refractivity contribution >= 4 is 11.9 Å². The topological polar surface area (TPSA) is 135 Å². The molecule has 3 N–H and O–H groups in total. The van der Waals surface area contributed by atoms with Crippen molar-refractivity contribution in [1.29, 1.82) is 0 Å². The Hall–Kier alpha value is -3.10. The molecule has 1 aliphatic carbocycles. The summed E-state index contributed by atoms with van der Waals surface area (Å²) >= 11 is 0. The maximum atomic E-state index is 12.2. The van der Waals surface area contributed by atoms with E-state index in [9.17, 15) is 24.6 Å². The number of esters is 1. The number of nitrogens with zero attached hydrogens (tertiary/aromatic N) is 2. The fraction of sp³-hybridized carbons (Fsp3) is 0.412. The number of fused-ring (bicyclic) bond motifs is 3. The van der Waals surface area contributed by atoms with Crippen LogP contribution in [0.1, 0.15) is 47.7 Å². The zero-order valence-electron chi connectivity index (χ0n) is 14.5. The monoisotopic (exact) mass is 361 g/mol. The van der Waals surface area contributed by atoms with Gasteiger partial charge in [-0.15, -0.1) is 0 Å². The normalized spacial score (nSPS) is 12.8. The van der Waals surface area contributed by atoms with Crippen LogP contribution in [-0.4, -0.2) is 36.7 Å². The molecule has 0 unspecified atom stereocenters. The van der Waals surface area contributed by atoms with Crippen molar-refractivity contribution in [1.82, 2.24) is 14.5 Å². The van der Waals surface area contributed by atoms with E-state index in [-0.39, 0.29) is 6.61 Å². The van der Waals surface area contributed by atoms with Crippen LogP contribution in [0.15, 0.2) is 4.79 Å². The summed E-state index contributed by atoms with van der Waals surface area (Å²) in [5.41, 5.74) is 0.468. The lowest BCUT2D eigenvalue weighted by molar-refractivity contribution is -0.142. The van der Waals surface area contributed by atoms with Crippen LogP contribution >= 0.6 is 0 Å². The van der Waals surface area contributed by atoms with E-state index in [4.69, 9.17) is 4.74 Å². The van der Waals surface area contributed by atoms with Crippen molar-refractivity contribution in [2.45, 2.75) is 46.3 Å². The van der Waals surface area contributed by atoms with E-state index in [1.807, 2.05) is 11.5 Å². The molecular formula is C17H19N3O6. The number of carboxylic acid groups (broad SMARTS) is 1. The average molecular weight is 361 g/mol. The predicted octanol–water partition coefficient (Wildman–Crippen LogP) is 1.21. The third-order valence-corrected chi connectivity index (χ3v) is 4.45. The standard InChI is InChI=1S/C17H19N3O6/c1-3-20-10-6-4-5-9-13(14(10)18-11(20)7-26-8(2)21)19-16(23)12(15(9)22)17(24)25/h3-7H2,1-2H3,(H,24,25)(H2,19,22,23). The molecule has 2 heterocycles. The number of aromatic nitrogens is 3. The number of nitrogens with one attached hydrogen (secondary N) is 1. The second-order valence-electron chi connectivity index (χ2n) is 6.04. The summed E-state index contributed by atoms with van der Waals surface area (Å²) in [7, 11) is 0. The summed E-state index contributed by atoms with van der Waals surface area (Å²) in [6.45, 7) is 3.83. The summed E-state index contributed by atoms with van der Waals surface area (Å²) < 4.78 is 6.95. The molecule has 0 aromatic carbocycles. The molecule has 0 saturated carbocycles. The van der Waals surface area contributed by atoms with Gasteiger partial charge in [-0.25, -0.2) is 9.78 Å². The Bertz CT molecular complexity index is 956. The Morgan fingerprint density at radius 3 is 2.69 bits per heavy atom. The number of hydrogen-bond acceptors (Lipinski definition) is 6. The maximum absolute atomic E-state index is 12.2. The summed E-state index contributed by atoms with van der Waals surface area (Å²) in [5, 5.41) is 19.5. The summed E-state index contributed by atoms with van der Waals surface area (Å²) in [5.74, 6) is -1.89. The smallest absolute Gasteiger partial charge is 0.345 e. The molecule has 9 nitrogen and oxygen atoms in total. The Morgan fingerprint density at radius 2 is 2.08 bits per heavy atom. The highest BCUT2D eigenvalue weighted by atomic mass is 16.5. The molecule has 2 aromatic heterocycles. The zero-order chi connectivity index (χ0) is 19.0. The van der Waals surface area contributed by atoms with E-state index >= 15 is 0 Å². The average Bonchev–Trinajstić information content (AvgIpc) is 2.82. The van der Waals surface area contributed by atoms with Crippen LogP contribution in [0.25, 0.3) is 11.4 Å². The van der Waals surface area contributed by atoms with Gasteiger partial charge in [0.15, 0.2) is 5.56 Å². The largest absolute Gasteiger partial charge is 0.506 e. The van der Waals surface area contributed by atoms with Gasteiger partial charge in [0, 0.05) is 24.7 Å². The number of aromatic hydroxyl groups is 1. The number of H-pyrrole nitrogens is 1. The van der Waals surface area contributed by atoms with E-state index in [1.54, 1.807) is 0 Å². The van der Waals surface area contributed by atoms with Crippen molar-refractivity contribution in [3.63, 3.8) is 0 Å². The van der Waals surface area contributed by atoms with Gasteiger partial charge < -0.3 is 24.5 Å². The predicted molar refractivity (Wildman–Crippen MR) is 90.1 cm³/mol. The van der Waals surface area contributed by atoms with Crippen molar-refractivity contribution < 1.29 is 24.5 Å². The molecule has 0 spiro atoms. The van der Waals surface area contributed by atoms with Gasteiger partial charge in [-0.2, -0.15) is 0 Å². The third kappa shape index (κ3) is 2.85. The number of rotatable bonds is 4. The lowest BCUT2D eigenvalue weighted by Gasteiger charge is -2.09. The highest BCUT2D eigenvalue weighted by Crippen LogP contribution is 2.36. The van der Waals surface area contributed by atoms with Gasteiger partial charge in [0.2, 0.25) is 0 Å². The summed E-state index contributed by atoms with van der Waals surface area (Å²) in [4.78, 5) is 41.6. The molecule has 0 amide bonds. The molecule has 0 saturated heterocycles. The van der Waals surface area contributed by atoms with Gasteiger partial charge in [0.25, 0.3) is 5.56 Å². The Labute approximate surface area is 148 Å². The highest BCUT2D eigenvalue weighted by molar-refractivity contribution is 5.92. The second kappa shape index (κ2) is 6.66.